The Hall–Kier alpha value is -3.85. The second kappa shape index (κ2) is 9.74. The van der Waals surface area contributed by atoms with Crippen LogP contribution in [-0.2, 0) is 12.8 Å². The summed E-state index contributed by atoms with van der Waals surface area (Å²) in [6.07, 6.45) is 1.38. The van der Waals surface area contributed by atoms with Crippen molar-refractivity contribution in [2.45, 2.75) is 32.6 Å². The number of phenols is 1. The number of aromatic carboxylic acids is 1. The van der Waals surface area contributed by atoms with E-state index in [9.17, 15) is 15.0 Å². The molecule has 0 aliphatic rings. The normalized spacial score (nSPS) is 11.8. The molecule has 0 aromatic heterocycles. The van der Waals surface area contributed by atoms with Crippen molar-refractivity contribution in [3.05, 3.63) is 136 Å². The zero-order chi connectivity index (χ0) is 23.4. The Balaban J connectivity index is 1.76. The van der Waals surface area contributed by atoms with Crippen molar-refractivity contribution in [1.29, 1.82) is 0 Å². The van der Waals surface area contributed by atoms with Crippen LogP contribution in [0.4, 0.5) is 0 Å². The van der Waals surface area contributed by atoms with Crippen molar-refractivity contribution < 1.29 is 15.0 Å². The molecule has 0 bridgehead atoms. The molecule has 0 spiro atoms. The highest BCUT2D eigenvalue weighted by molar-refractivity contribution is 5.91. The number of carbonyl (C=O) groups is 1. The van der Waals surface area contributed by atoms with E-state index in [1.165, 1.54) is 5.56 Å². The molecule has 1 unspecified atom stereocenters. The van der Waals surface area contributed by atoms with Gasteiger partial charge in [0.2, 0.25) is 0 Å². The Kier molecular flexibility index (Phi) is 6.60. The van der Waals surface area contributed by atoms with Gasteiger partial charge in [-0.05, 0) is 59.2 Å². The number of aromatic hydroxyl groups is 1. The molecule has 3 nitrogen and oxygen atoms in total. The molecule has 0 radical (unpaired) electrons. The first-order valence-electron chi connectivity index (χ1n) is 11.2. The molecule has 0 aliphatic heterocycles. The first-order valence-corrected chi connectivity index (χ1v) is 11.2. The highest BCUT2D eigenvalue weighted by Crippen LogP contribution is 2.37. The van der Waals surface area contributed by atoms with Gasteiger partial charge in [0.05, 0.1) is 0 Å². The van der Waals surface area contributed by atoms with Crippen molar-refractivity contribution in [2.24, 2.45) is 0 Å². The van der Waals surface area contributed by atoms with E-state index in [-0.39, 0.29) is 17.2 Å². The number of carboxylic acid groups (broad SMARTS) is 1. The lowest BCUT2D eigenvalue weighted by Gasteiger charge is -2.20. The molecule has 0 fully saturated rings. The average molecular weight is 437 g/mol. The Morgan fingerprint density at radius 3 is 2.06 bits per heavy atom. The highest BCUT2D eigenvalue weighted by atomic mass is 16.4. The smallest absolute Gasteiger partial charge is 0.339 e. The Morgan fingerprint density at radius 2 is 1.36 bits per heavy atom. The lowest BCUT2D eigenvalue weighted by molar-refractivity contribution is 0.0693. The minimum atomic E-state index is -1.12. The van der Waals surface area contributed by atoms with Crippen LogP contribution in [0.15, 0.2) is 91.0 Å². The van der Waals surface area contributed by atoms with Crippen LogP contribution in [0.3, 0.4) is 0 Å². The summed E-state index contributed by atoms with van der Waals surface area (Å²) >= 11 is 0. The first-order chi connectivity index (χ1) is 15.9. The third kappa shape index (κ3) is 4.98. The summed E-state index contributed by atoms with van der Waals surface area (Å²) in [6.45, 7) is 4.08. The molecule has 4 rings (SSSR count). The van der Waals surface area contributed by atoms with Crippen LogP contribution in [0.1, 0.15) is 62.1 Å². The SMILES string of the molecule is Cc1ccccc1Cc1cc(C(=O)O)c(O)c(C(C)c2ccccc2Cc2ccccc2)c1. The van der Waals surface area contributed by atoms with E-state index in [1.54, 1.807) is 6.07 Å². The van der Waals surface area contributed by atoms with Crippen LogP contribution in [0, 0.1) is 6.92 Å². The number of hydrogen-bond donors (Lipinski definition) is 2. The van der Waals surface area contributed by atoms with E-state index in [0.29, 0.717) is 12.0 Å². The molecule has 0 heterocycles. The van der Waals surface area contributed by atoms with Crippen LogP contribution in [0.5, 0.6) is 5.75 Å². The highest BCUT2D eigenvalue weighted by Gasteiger charge is 2.22. The summed E-state index contributed by atoms with van der Waals surface area (Å²) in [5.74, 6) is -1.44. The summed E-state index contributed by atoms with van der Waals surface area (Å²) in [5.41, 5.74) is 7.22. The predicted molar refractivity (Wildman–Crippen MR) is 132 cm³/mol. The molecule has 2 N–H and O–H groups in total. The standard InChI is InChI=1S/C30H28O3/c1-20-10-6-7-13-24(20)17-23-18-27(29(31)28(19-23)30(32)33)21(2)26-15-9-8-14-25(26)16-22-11-4-3-5-12-22/h3-15,18-19,21,31H,16-17H2,1-2H3,(H,32,33). The molecular formula is C30H28O3. The largest absolute Gasteiger partial charge is 0.507 e. The summed E-state index contributed by atoms with van der Waals surface area (Å²) in [4.78, 5) is 12.0. The van der Waals surface area contributed by atoms with Crippen molar-refractivity contribution in [3.8, 4) is 5.75 Å². The maximum atomic E-state index is 12.0. The molecule has 33 heavy (non-hydrogen) atoms. The maximum Gasteiger partial charge on any atom is 0.339 e. The zero-order valence-electron chi connectivity index (χ0n) is 19.0. The van der Waals surface area contributed by atoms with Crippen LogP contribution < -0.4 is 0 Å². The van der Waals surface area contributed by atoms with Gasteiger partial charge in [-0.3, -0.25) is 0 Å². The molecule has 4 aromatic rings. The fourth-order valence-electron chi connectivity index (χ4n) is 4.44. The number of aryl methyl sites for hydroxylation is 1. The quantitative estimate of drug-likeness (QED) is 0.338. The minimum Gasteiger partial charge on any atom is -0.507 e. The lowest BCUT2D eigenvalue weighted by atomic mass is 9.84. The van der Waals surface area contributed by atoms with Gasteiger partial charge in [-0.2, -0.15) is 0 Å². The van der Waals surface area contributed by atoms with Gasteiger partial charge in [0.15, 0.2) is 0 Å². The van der Waals surface area contributed by atoms with Crippen LogP contribution in [0.2, 0.25) is 0 Å². The lowest BCUT2D eigenvalue weighted by Crippen LogP contribution is -2.07. The zero-order valence-corrected chi connectivity index (χ0v) is 19.0. The van der Waals surface area contributed by atoms with Gasteiger partial charge in [-0.1, -0.05) is 91.9 Å². The Labute approximate surface area is 195 Å². The van der Waals surface area contributed by atoms with Crippen molar-refractivity contribution in [3.63, 3.8) is 0 Å². The van der Waals surface area contributed by atoms with Crippen molar-refractivity contribution >= 4 is 5.97 Å². The van der Waals surface area contributed by atoms with Crippen molar-refractivity contribution in [1.82, 2.24) is 0 Å². The third-order valence-corrected chi connectivity index (χ3v) is 6.31. The van der Waals surface area contributed by atoms with Crippen LogP contribution in [0.25, 0.3) is 0 Å². The number of rotatable bonds is 7. The van der Waals surface area contributed by atoms with E-state index in [1.807, 2.05) is 55.5 Å². The Morgan fingerprint density at radius 1 is 0.758 bits per heavy atom. The van der Waals surface area contributed by atoms with E-state index < -0.39 is 5.97 Å². The summed E-state index contributed by atoms with van der Waals surface area (Å²) in [6, 6.07) is 30.1. The predicted octanol–water partition coefficient (Wildman–Crippen LogP) is 6.73. The average Bonchev–Trinajstić information content (AvgIpc) is 2.82. The number of hydrogen-bond acceptors (Lipinski definition) is 2. The van der Waals surface area contributed by atoms with E-state index in [2.05, 4.69) is 43.3 Å². The number of benzene rings is 4. The second-order valence-corrected chi connectivity index (χ2v) is 8.57. The molecule has 0 aliphatic carbocycles. The van der Waals surface area contributed by atoms with Gasteiger partial charge in [0.1, 0.15) is 11.3 Å². The summed E-state index contributed by atoms with van der Waals surface area (Å²) in [5, 5.41) is 20.7. The monoisotopic (exact) mass is 436 g/mol. The van der Waals surface area contributed by atoms with Gasteiger partial charge >= 0.3 is 5.97 Å². The third-order valence-electron chi connectivity index (χ3n) is 6.31. The molecule has 166 valence electrons. The summed E-state index contributed by atoms with van der Waals surface area (Å²) < 4.78 is 0. The van der Waals surface area contributed by atoms with E-state index in [0.717, 1.165) is 34.2 Å². The fourth-order valence-corrected chi connectivity index (χ4v) is 4.44. The van der Waals surface area contributed by atoms with Gasteiger partial charge in [0, 0.05) is 11.5 Å². The number of carboxylic acids is 1. The molecule has 0 amide bonds. The molecule has 0 saturated carbocycles. The van der Waals surface area contributed by atoms with E-state index >= 15 is 0 Å². The second-order valence-electron chi connectivity index (χ2n) is 8.57. The first kappa shape index (κ1) is 22.3. The van der Waals surface area contributed by atoms with Gasteiger partial charge in [-0.15, -0.1) is 0 Å². The van der Waals surface area contributed by atoms with Crippen molar-refractivity contribution in [2.75, 3.05) is 0 Å². The molecule has 4 aromatic carbocycles. The fraction of sp³-hybridized carbons (Fsp3) is 0.167. The van der Waals surface area contributed by atoms with Crippen LogP contribution >= 0.6 is 0 Å². The maximum absolute atomic E-state index is 12.0. The van der Waals surface area contributed by atoms with Gasteiger partial charge in [-0.25, -0.2) is 4.79 Å². The van der Waals surface area contributed by atoms with E-state index in [4.69, 9.17) is 0 Å². The molecule has 3 heteroatoms. The topological polar surface area (TPSA) is 57.5 Å². The van der Waals surface area contributed by atoms with Gasteiger partial charge in [0.25, 0.3) is 0 Å². The minimum absolute atomic E-state index is 0.0523. The van der Waals surface area contributed by atoms with Gasteiger partial charge < -0.3 is 10.2 Å². The summed E-state index contributed by atoms with van der Waals surface area (Å²) in [7, 11) is 0. The van der Waals surface area contributed by atoms with Crippen LogP contribution in [-0.4, -0.2) is 16.2 Å². The molecule has 1 atom stereocenters. The molecular weight excluding hydrogens is 408 g/mol. The Bertz CT molecular complexity index is 1270. The molecule has 0 saturated heterocycles.